The summed E-state index contributed by atoms with van der Waals surface area (Å²) >= 11 is 13.5. The van der Waals surface area contributed by atoms with E-state index in [1.54, 1.807) is 23.1 Å². The van der Waals surface area contributed by atoms with Crippen molar-refractivity contribution in [1.82, 2.24) is 29.8 Å². The standard InChI is InChI=1S/C15H17Cl2N9S/c1-7(11-20-13(18)22-14(21-11)25(2)3)27-15-24-23-12(26(15)19)9-5-4-8(16)6-10(9)17/h4-7H,19H2,1-3H3,(H2,18,20,21,22). The topological polar surface area (TPSA) is 125 Å². The molecular weight excluding hydrogens is 409 g/mol. The van der Waals surface area contributed by atoms with Crippen molar-refractivity contribution in [3.63, 3.8) is 0 Å². The maximum absolute atomic E-state index is 6.24. The van der Waals surface area contributed by atoms with Gasteiger partial charge in [-0.15, -0.1) is 10.2 Å². The molecule has 3 rings (SSSR count). The van der Waals surface area contributed by atoms with Gasteiger partial charge in [0.2, 0.25) is 17.1 Å². The molecule has 4 N–H and O–H groups in total. The molecule has 0 spiro atoms. The van der Waals surface area contributed by atoms with Gasteiger partial charge in [-0.3, -0.25) is 0 Å². The first-order chi connectivity index (χ1) is 12.8. The molecule has 0 fully saturated rings. The number of rotatable bonds is 5. The summed E-state index contributed by atoms with van der Waals surface area (Å²) < 4.78 is 1.37. The summed E-state index contributed by atoms with van der Waals surface area (Å²) in [5, 5.41) is 9.55. The van der Waals surface area contributed by atoms with Crippen molar-refractivity contribution in [3.05, 3.63) is 34.1 Å². The number of nitrogens with zero attached hydrogens (tertiary/aromatic N) is 7. The lowest BCUT2D eigenvalue weighted by Gasteiger charge is -2.14. The van der Waals surface area contributed by atoms with Gasteiger partial charge in [0.25, 0.3) is 0 Å². The van der Waals surface area contributed by atoms with E-state index in [4.69, 9.17) is 34.8 Å². The molecule has 12 heteroatoms. The van der Waals surface area contributed by atoms with Crippen molar-refractivity contribution >= 4 is 46.9 Å². The number of nitrogen functional groups attached to an aromatic ring is 2. The summed E-state index contributed by atoms with van der Waals surface area (Å²) in [7, 11) is 3.66. The minimum absolute atomic E-state index is 0.152. The van der Waals surface area contributed by atoms with Crippen LogP contribution in [-0.2, 0) is 0 Å². The minimum Gasteiger partial charge on any atom is -0.368 e. The molecule has 0 saturated heterocycles. The third kappa shape index (κ3) is 4.18. The van der Waals surface area contributed by atoms with Crippen molar-refractivity contribution in [2.75, 3.05) is 30.6 Å². The van der Waals surface area contributed by atoms with Gasteiger partial charge < -0.3 is 16.5 Å². The zero-order chi connectivity index (χ0) is 19.7. The summed E-state index contributed by atoms with van der Waals surface area (Å²) in [5.41, 5.74) is 6.42. The van der Waals surface area contributed by atoms with Crippen molar-refractivity contribution in [2.24, 2.45) is 0 Å². The first-order valence-electron chi connectivity index (χ1n) is 7.77. The molecule has 2 heterocycles. The Hall–Kier alpha value is -2.30. The Bertz CT molecular complexity index is 976. The number of hydrogen-bond donors (Lipinski definition) is 2. The second-order valence-corrected chi connectivity index (χ2v) is 7.96. The molecule has 0 radical (unpaired) electrons. The van der Waals surface area contributed by atoms with Crippen LogP contribution in [0.2, 0.25) is 10.0 Å². The Balaban J connectivity index is 1.88. The smallest absolute Gasteiger partial charge is 0.229 e. The van der Waals surface area contributed by atoms with E-state index in [1.165, 1.54) is 16.4 Å². The van der Waals surface area contributed by atoms with Crippen molar-refractivity contribution in [1.29, 1.82) is 0 Å². The normalized spacial score (nSPS) is 12.2. The molecule has 0 amide bonds. The largest absolute Gasteiger partial charge is 0.368 e. The van der Waals surface area contributed by atoms with Gasteiger partial charge >= 0.3 is 0 Å². The van der Waals surface area contributed by atoms with E-state index in [1.807, 2.05) is 21.0 Å². The van der Waals surface area contributed by atoms with E-state index in [0.29, 0.717) is 38.4 Å². The summed E-state index contributed by atoms with van der Waals surface area (Å²) in [5.74, 6) is 7.75. The second-order valence-electron chi connectivity index (χ2n) is 5.81. The predicted molar refractivity (Wildman–Crippen MR) is 108 cm³/mol. The van der Waals surface area contributed by atoms with Gasteiger partial charge in [0.1, 0.15) is 5.82 Å². The van der Waals surface area contributed by atoms with Crippen molar-refractivity contribution in [3.8, 4) is 11.4 Å². The Kier molecular flexibility index (Phi) is 5.59. The highest BCUT2D eigenvalue weighted by Gasteiger charge is 2.20. The number of nitrogens with two attached hydrogens (primary N) is 2. The van der Waals surface area contributed by atoms with Crippen LogP contribution in [0, 0.1) is 0 Å². The monoisotopic (exact) mass is 425 g/mol. The molecule has 0 bridgehead atoms. The fourth-order valence-corrected chi connectivity index (χ4v) is 3.51. The van der Waals surface area contributed by atoms with Gasteiger partial charge in [-0.1, -0.05) is 35.0 Å². The lowest BCUT2D eigenvalue weighted by Crippen LogP contribution is -2.17. The van der Waals surface area contributed by atoms with E-state index >= 15 is 0 Å². The third-order valence-corrected chi connectivity index (χ3v) is 5.14. The highest BCUT2D eigenvalue weighted by atomic mass is 35.5. The number of hydrogen-bond acceptors (Lipinski definition) is 9. The molecule has 1 unspecified atom stereocenters. The molecule has 0 saturated carbocycles. The van der Waals surface area contributed by atoms with E-state index in [9.17, 15) is 0 Å². The van der Waals surface area contributed by atoms with Crippen molar-refractivity contribution < 1.29 is 0 Å². The van der Waals surface area contributed by atoms with Gasteiger partial charge in [0.15, 0.2) is 5.82 Å². The number of thioether (sulfide) groups is 1. The molecular formula is C15H17Cl2N9S. The molecule has 1 aromatic carbocycles. The van der Waals surface area contributed by atoms with Crippen LogP contribution in [0.15, 0.2) is 23.4 Å². The molecule has 2 aromatic heterocycles. The van der Waals surface area contributed by atoms with E-state index in [-0.39, 0.29) is 11.2 Å². The Morgan fingerprint density at radius 1 is 1.15 bits per heavy atom. The van der Waals surface area contributed by atoms with E-state index in [2.05, 4.69) is 25.1 Å². The third-order valence-electron chi connectivity index (χ3n) is 3.54. The molecule has 142 valence electrons. The molecule has 1 atom stereocenters. The zero-order valence-electron chi connectivity index (χ0n) is 14.8. The van der Waals surface area contributed by atoms with Crippen LogP contribution in [0.3, 0.4) is 0 Å². The maximum Gasteiger partial charge on any atom is 0.229 e. The summed E-state index contributed by atoms with van der Waals surface area (Å²) in [6, 6.07) is 5.08. The number of halogens is 2. The highest BCUT2D eigenvalue weighted by molar-refractivity contribution is 7.99. The van der Waals surface area contributed by atoms with Crippen LogP contribution in [-0.4, -0.2) is 43.9 Å². The van der Waals surface area contributed by atoms with Crippen LogP contribution >= 0.6 is 35.0 Å². The summed E-state index contributed by atoms with van der Waals surface area (Å²) in [6.07, 6.45) is 0. The second kappa shape index (κ2) is 7.75. The average molecular weight is 426 g/mol. The van der Waals surface area contributed by atoms with Crippen LogP contribution < -0.4 is 16.5 Å². The minimum atomic E-state index is -0.186. The van der Waals surface area contributed by atoms with Gasteiger partial charge in [0.05, 0.1) is 10.3 Å². The summed E-state index contributed by atoms with van der Waals surface area (Å²) in [4.78, 5) is 14.5. The Labute approximate surface area is 170 Å². The van der Waals surface area contributed by atoms with Crippen LogP contribution in [0.4, 0.5) is 11.9 Å². The van der Waals surface area contributed by atoms with Gasteiger partial charge in [0, 0.05) is 24.7 Å². The quantitative estimate of drug-likeness (QED) is 0.468. The zero-order valence-corrected chi connectivity index (χ0v) is 17.1. The van der Waals surface area contributed by atoms with Crippen LogP contribution in [0.25, 0.3) is 11.4 Å². The average Bonchev–Trinajstić information content (AvgIpc) is 2.95. The van der Waals surface area contributed by atoms with Crippen LogP contribution in [0.1, 0.15) is 18.0 Å². The fraction of sp³-hybridized carbons (Fsp3) is 0.267. The van der Waals surface area contributed by atoms with Crippen molar-refractivity contribution in [2.45, 2.75) is 17.3 Å². The van der Waals surface area contributed by atoms with E-state index in [0.717, 1.165) is 0 Å². The first-order valence-corrected chi connectivity index (χ1v) is 9.41. The molecule has 9 nitrogen and oxygen atoms in total. The molecule has 0 aliphatic rings. The predicted octanol–water partition coefficient (Wildman–Crippen LogP) is 2.65. The lowest BCUT2D eigenvalue weighted by atomic mass is 10.2. The summed E-state index contributed by atoms with van der Waals surface area (Å²) in [6.45, 7) is 1.92. The Morgan fingerprint density at radius 2 is 1.89 bits per heavy atom. The first kappa shape index (κ1) is 19.5. The lowest BCUT2D eigenvalue weighted by molar-refractivity contribution is 0.826. The highest BCUT2D eigenvalue weighted by Crippen LogP contribution is 2.35. The van der Waals surface area contributed by atoms with Gasteiger partial charge in [-0.25, -0.2) is 4.68 Å². The number of anilines is 2. The van der Waals surface area contributed by atoms with Gasteiger partial charge in [-0.05, 0) is 25.1 Å². The SMILES string of the molecule is CC(Sc1nnc(-c2ccc(Cl)cc2Cl)n1N)c1nc(N)nc(N(C)C)n1. The van der Waals surface area contributed by atoms with Gasteiger partial charge in [-0.2, -0.15) is 15.0 Å². The molecule has 3 aromatic rings. The number of benzene rings is 1. The number of aromatic nitrogens is 6. The molecule has 27 heavy (non-hydrogen) atoms. The maximum atomic E-state index is 6.24. The molecule has 0 aliphatic heterocycles. The van der Waals surface area contributed by atoms with Crippen LogP contribution in [0.5, 0.6) is 0 Å². The fourth-order valence-electron chi connectivity index (χ4n) is 2.20. The molecule has 0 aliphatic carbocycles. The van der Waals surface area contributed by atoms with E-state index < -0.39 is 0 Å². The Morgan fingerprint density at radius 3 is 2.56 bits per heavy atom.